The van der Waals surface area contributed by atoms with Gasteiger partial charge >= 0.3 is 0 Å². The van der Waals surface area contributed by atoms with E-state index in [9.17, 15) is 8.42 Å². The summed E-state index contributed by atoms with van der Waals surface area (Å²) in [6.07, 6.45) is 8.85. The van der Waals surface area contributed by atoms with Gasteiger partial charge in [-0.3, -0.25) is 9.08 Å². The summed E-state index contributed by atoms with van der Waals surface area (Å²) >= 11 is 0. The van der Waals surface area contributed by atoms with E-state index in [1.165, 1.54) is 37.7 Å². The van der Waals surface area contributed by atoms with Crippen LogP contribution in [0.2, 0.25) is 0 Å². The standard InChI is InChI=1S/C18H27NO3S/c1-23(20,21)22-17-10-14-19(15-11-17)18(12-6-3-7-13-18)16-8-4-2-5-9-16/h2,4-5,8-9,17H,3,6-7,10-15H2,1H3. The van der Waals surface area contributed by atoms with Crippen molar-refractivity contribution in [1.82, 2.24) is 4.90 Å². The van der Waals surface area contributed by atoms with Crippen LogP contribution in [0.4, 0.5) is 0 Å². The van der Waals surface area contributed by atoms with Crippen LogP contribution in [0.3, 0.4) is 0 Å². The van der Waals surface area contributed by atoms with E-state index in [0.29, 0.717) is 0 Å². The third-order valence-corrected chi connectivity index (χ3v) is 5.97. The van der Waals surface area contributed by atoms with Crippen LogP contribution in [-0.4, -0.2) is 38.8 Å². The van der Waals surface area contributed by atoms with Crippen molar-refractivity contribution in [3.05, 3.63) is 35.9 Å². The summed E-state index contributed by atoms with van der Waals surface area (Å²) in [6, 6.07) is 10.8. The first-order valence-electron chi connectivity index (χ1n) is 8.68. The number of likely N-dealkylation sites (tertiary alicyclic amines) is 1. The summed E-state index contributed by atoms with van der Waals surface area (Å²) in [5.74, 6) is 0. The largest absolute Gasteiger partial charge is 0.293 e. The molecule has 0 unspecified atom stereocenters. The van der Waals surface area contributed by atoms with Crippen molar-refractivity contribution >= 4 is 10.1 Å². The second-order valence-electron chi connectivity index (χ2n) is 6.95. The van der Waals surface area contributed by atoms with Crippen LogP contribution < -0.4 is 0 Å². The number of piperidine rings is 1. The molecule has 0 spiro atoms. The Morgan fingerprint density at radius 3 is 2.22 bits per heavy atom. The molecule has 0 N–H and O–H groups in total. The van der Waals surface area contributed by atoms with E-state index >= 15 is 0 Å². The summed E-state index contributed by atoms with van der Waals surface area (Å²) in [6.45, 7) is 1.82. The Labute approximate surface area is 140 Å². The van der Waals surface area contributed by atoms with Crippen LogP contribution in [0.15, 0.2) is 30.3 Å². The van der Waals surface area contributed by atoms with Gasteiger partial charge in [-0.15, -0.1) is 0 Å². The topological polar surface area (TPSA) is 46.6 Å². The Morgan fingerprint density at radius 2 is 1.65 bits per heavy atom. The minimum absolute atomic E-state index is 0.134. The Bertz CT molecular complexity index is 600. The highest BCUT2D eigenvalue weighted by molar-refractivity contribution is 7.86. The lowest BCUT2D eigenvalue weighted by Gasteiger charge is -2.49. The fourth-order valence-electron chi connectivity index (χ4n) is 4.30. The van der Waals surface area contributed by atoms with Crippen molar-refractivity contribution in [2.45, 2.75) is 56.6 Å². The fourth-order valence-corrected chi connectivity index (χ4v) is 4.99. The van der Waals surface area contributed by atoms with E-state index in [-0.39, 0.29) is 11.6 Å². The molecule has 0 aromatic heterocycles. The van der Waals surface area contributed by atoms with Crippen molar-refractivity contribution in [3.8, 4) is 0 Å². The van der Waals surface area contributed by atoms with Crippen molar-refractivity contribution in [2.75, 3.05) is 19.3 Å². The molecule has 3 rings (SSSR count). The predicted molar refractivity (Wildman–Crippen MR) is 91.7 cm³/mol. The minimum atomic E-state index is -3.35. The Hall–Kier alpha value is -0.910. The van der Waals surface area contributed by atoms with Gasteiger partial charge in [0.25, 0.3) is 10.1 Å². The van der Waals surface area contributed by atoms with E-state index in [1.54, 1.807) is 0 Å². The molecule has 128 valence electrons. The maximum absolute atomic E-state index is 11.3. The third-order valence-electron chi connectivity index (χ3n) is 5.35. The van der Waals surface area contributed by atoms with Crippen molar-refractivity contribution in [1.29, 1.82) is 0 Å². The van der Waals surface area contributed by atoms with Gasteiger partial charge in [0.2, 0.25) is 0 Å². The molecule has 1 aliphatic carbocycles. The summed E-state index contributed by atoms with van der Waals surface area (Å²) in [7, 11) is -3.35. The van der Waals surface area contributed by atoms with E-state index in [1.807, 2.05) is 0 Å². The first kappa shape index (κ1) is 16.9. The Balaban J connectivity index is 1.75. The molecule has 1 saturated carbocycles. The molecule has 0 bridgehead atoms. The van der Waals surface area contributed by atoms with Gasteiger partial charge in [-0.25, -0.2) is 0 Å². The highest BCUT2D eigenvalue weighted by Crippen LogP contribution is 2.43. The van der Waals surface area contributed by atoms with Gasteiger partial charge in [-0.2, -0.15) is 8.42 Å². The second-order valence-corrected chi connectivity index (χ2v) is 8.55. The van der Waals surface area contributed by atoms with Crippen LogP contribution in [-0.2, 0) is 19.8 Å². The van der Waals surface area contributed by atoms with Crippen LogP contribution >= 0.6 is 0 Å². The van der Waals surface area contributed by atoms with Crippen LogP contribution in [0.5, 0.6) is 0 Å². The maximum Gasteiger partial charge on any atom is 0.264 e. The monoisotopic (exact) mass is 337 g/mol. The molecule has 1 aromatic rings. The van der Waals surface area contributed by atoms with Gasteiger partial charge in [0.05, 0.1) is 12.4 Å². The molecule has 1 saturated heterocycles. The van der Waals surface area contributed by atoms with E-state index in [4.69, 9.17) is 4.18 Å². The summed E-state index contributed by atoms with van der Waals surface area (Å²) in [4.78, 5) is 2.59. The predicted octanol–water partition coefficient (Wildman–Crippen LogP) is 3.29. The molecule has 4 nitrogen and oxygen atoms in total. The molecule has 0 amide bonds. The number of rotatable bonds is 4. The lowest BCUT2D eigenvalue weighted by Crippen LogP contribution is -2.52. The highest BCUT2D eigenvalue weighted by atomic mass is 32.2. The molecular formula is C18H27NO3S. The zero-order valence-electron chi connectivity index (χ0n) is 13.9. The number of nitrogens with zero attached hydrogens (tertiary/aromatic N) is 1. The van der Waals surface area contributed by atoms with Gasteiger partial charge in [-0.05, 0) is 31.2 Å². The number of hydrogen-bond acceptors (Lipinski definition) is 4. The van der Waals surface area contributed by atoms with E-state index in [2.05, 4.69) is 35.2 Å². The molecule has 0 atom stereocenters. The molecule has 2 aliphatic rings. The Kier molecular flexibility index (Phi) is 5.09. The first-order valence-corrected chi connectivity index (χ1v) is 10.5. The summed E-state index contributed by atoms with van der Waals surface area (Å²) < 4.78 is 27.9. The third kappa shape index (κ3) is 3.95. The molecule has 1 aliphatic heterocycles. The molecule has 5 heteroatoms. The molecule has 0 radical (unpaired) electrons. The quantitative estimate of drug-likeness (QED) is 0.791. The lowest BCUT2D eigenvalue weighted by atomic mass is 9.74. The number of hydrogen-bond donors (Lipinski definition) is 0. The smallest absolute Gasteiger partial charge is 0.264 e. The normalized spacial score (nSPS) is 23.7. The van der Waals surface area contributed by atoms with Gasteiger partial charge in [0, 0.05) is 18.6 Å². The van der Waals surface area contributed by atoms with Crippen molar-refractivity contribution < 1.29 is 12.6 Å². The summed E-state index contributed by atoms with van der Waals surface area (Å²) in [5.41, 5.74) is 1.55. The van der Waals surface area contributed by atoms with Gasteiger partial charge in [-0.1, -0.05) is 49.6 Å². The molecule has 23 heavy (non-hydrogen) atoms. The van der Waals surface area contributed by atoms with Crippen LogP contribution in [0.1, 0.15) is 50.5 Å². The van der Waals surface area contributed by atoms with E-state index < -0.39 is 10.1 Å². The second kappa shape index (κ2) is 6.91. The zero-order chi connectivity index (χ0) is 16.3. The highest BCUT2D eigenvalue weighted by Gasteiger charge is 2.41. The molecule has 2 fully saturated rings. The van der Waals surface area contributed by atoms with E-state index in [0.717, 1.165) is 32.2 Å². The maximum atomic E-state index is 11.3. The molecule has 1 heterocycles. The number of benzene rings is 1. The van der Waals surface area contributed by atoms with Crippen molar-refractivity contribution in [2.24, 2.45) is 0 Å². The lowest BCUT2D eigenvalue weighted by molar-refractivity contribution is 0.000398. The van der Waals surface area contributed by atoms with Gasteiger partial charge in [0.1, 0.15) is 0 Å². The van der Waals surface area contributed by atoms with Crippen LogP contribution in [0.25, 0.3) is 0 Å². The van der Waals surface area contributed by atoms with Crippen molar-refractivity contribution in [3.63, 3.8) is 0 Å². The van der Waals surface area contributed by atoms with Gasteiger partial charge < -0.3 is 0 Å². The first-order chi connectivity index (χ1) is 11.0. The minimum Gasteiger partial charge on any atom is -0.293 e. The molecular weight excluding hydrogens is 310 g/mol. The zero-order valence-corrected chi connectivity index (χ0v) is 14.7. The van der Waals surface area contributed by atoms with Gasteiger partial charge in [0.15, 0.2) is 0 Å². The average Bonchev–Trinajstić information content (AvgIpc) is 2.55. The fraction of sp³-hybridized carbons (Fsp3) is 0.667. The molecule has 1 aromatic carbocycles. The Morgan fingerprint density at radius 1 is 1.04 bits per heavy atom. The average molecular weight is 337 g/mol. The summed E-state index contributed by atoms with van der Waals surface area (Å²) in [5, 5.41) is 0. The van der Waals surface area contributed by atoms with Crippen LogP contribution in [0, 0.1) is 0 Å². The SMILES string of the molecule is CS(=O)(=O)OC1CCN(C2(c3ccccc3)CCCCC2)CC1.